The van der Waals surface area contributed by atoms with Crippen molar-refractivity contribution in [1.29, 1.82) is 0 Å². The van der Waals surface area contributed by atoms with Gasteiger partial charge in [0.15, 0.2) is 0 Å². The molecule has 24 heavy (non-hydrogen) atoms. The highest BCUT2D eigenvalue weighted by atomic mass is 35.5. The van der Waals surface area contributed by atoms with Gasteiger partial charge < -0.3 is 19.5 Å². The lowest BCUT2D eigenvalue weighted by molar-refractivity contribution is 0.110. The zero-order valence-corrected chi connectivity index (χ0v) is 14.9. The molecule has 0 fully saturated rings. The van der Waals surface area contributed by atoms with E-state index in [-0.39, 0.29) is 0 Å². The first-order chi connectivity index (χ1) is 11.7. The highest BCUT2D eigenvalue weighted by Crippen LogP contribution is 2.24. The maximum absolute atomic E-state index is 5.95. The molecule has 0 atom stereocenters. The van der Waals surface area contributed by atoms with Crippen LogP contribution in [0.3, 0.4) is 0 Å². The normalized spacial score (nSPS) is 10.5. The predicted molar refractivity (Wildman–Crippen MR) is 98.6 cm³/mol. The first kappa shape index (κ1) is 18.4. The van der Waals surface area contributed by atoms with Gasteiger partial charge in [-0.05, 0) is 49.7 Å². The molecule has 4 nitrogen and oxygen atoms in total. The minimum Gasteiger partial charge on any atom is -0.491 e. The standard InChI is InChI=1S/C19H24ClNO3/c1-3-22-12-13-24-19-7-5-4-6-17(19)21-10-11-23-18-9-8-16(20)14-15(18)2/h4-9,14,21H,3,10-13H2,1-2H3. The van der Waals surface area contributed by atoms with E-state index in [1.807, 2.05) is 56.3 Å². The van der Waals surface area contributed by atoms with Crippen LogP contribution < -0.4 is 14.8 Å². The smallest absolute Gasteiger partial charge is 0.142 e. The first-order valence-corrected chi connectivity index (χ1v) is 8.51. The van der Waals surface area contributed by atoms with E-state index in [2.05, 4.69) is 5.32 Å². The van der Waals surface area contributed by atoms with Gasteiger partial charge in [0.25, 0.3) is 0 Å². The van der Waals surface area contributed by atoms with E-state index in [1.165, 1.54) is 0 Å². The summed E-state index contributed by atoms with van der Waals surface area (Å²) in [7, 11) is 0. The average Bonchev–Trinajstić information content (AvgIpc) is 2.58. The van der Waals surface area contributed by atoms with E-state index in [0.29, 0.717) is 33.0 Å². The second-order valence-corrected chi connectivity index (χ2v) is 5.66. The molecule has 0 saturated heterocycles. The fourth-order valence-electron chi connectivity index (χ4n) is 2.21. The maximum atomic E-state index is 5.95. The SMILES string of the molecule is CCOCCOc1ccccc1NCCOc1ccc(Cl)cc1C. The molecule has 5 heteroatoms. The molecule has 0 radical (unpaired) electrons. The van der Waals surface area contributed by atoms with Crippen LogP contribution in [0.15, 0.2) is 42.5 Å². The van der Waals surface area contributed by atoms with Crippen LogP contribution in [0.4, 0.5) is 5.69 Å². The summed E-state index contributed by atoms with van der Waals surface area (Å²) in [5, 5.41) is 4.06. The highest BCUT2D eigenvalue weighted by Gasteiger charge is 2.03. The number of rotatable bonds is 10. The molecule has 0 amide bonds. The number of hydrogen-bond donors (Lipinski definition) is 1. The molecule has 2 aromatic carbocycles. The van der Waals surface area contributed by atoms with Crippen LogP contribution in [-0.2, 0) is 4.74 Å². The van der Waals surface area contributed by atoms with Gasteiger partial charge in [0.2, 0.25) is 0 Å². The Balaban J connectivity index is 1.79. The quantitative estimate of drug-likeness (QED) is 0.638. The zero-order valence-electron chi connectivity index (χ0n) is 14.2. The predicted octanol–water partition coefficient (Wildman–Crippen LogP) is 4.55. The Hall–Kier alpha value is -1.91. The topological polar surface area (TPSA) is 39.7 Å². The van der Waals surface area contributed by atoms with Gasteiger partial charge in [-0.25, -0.2) is 0 Å². The molecule has 0 spiro atoms. The van der Waals surface area contributed by atoms with E-state index in [9.17, 15) is 0 Å². The number of aryl methyl sites for hydroxylation is 1. The van der Waals surface area contributed by atoms with Gasteiger partial charge in [0.1, 0.15) is 24.7 Å². The molecule has 0 heterocycles. The highest BCUT2D eigenvalue weighted by molar-refractivity contribution is 6.30. The lowest BCUT2D eigenvalue weighted by Gasteiger charge is -2.14. The summed E-state index contributed by atoms with van der Waals surface area (Å²) < 4.78 is 16.8. The molecule has 0 aliphatic carbocycles. The fraction of sp³-hybridized carbons (Fsp3) is 0.368. The number of hydrogen-bond acceptors (Lipinski definition) is 4. The molecule has 2 aromatic rings. The van der Waals surface area contributed by atoms with Crippen LogP contribution in [0.2, 0.25) is 5.02 Å². The number of benzene rings is 2. The number of halogens is 1. The van der Waals surface area contributed by atoms with Gasteiger partial charge in [-0.3, -0.25) is 0 Å². The molecule has 0 aromatic heterocycles. The van der Waals surface area contributed by atoms with Gasteiger partial charge >= 0.3 is 0 Å². The lowest BCUT2D eigenvalue weighted by atomic mass is 10.2. The zero-order chi connectivity index (χ0) is 17.2. The largest absolute Gasteiger partial charge is 0.491 e. The Bertz CT molecular complexity index is 634. The van der Waals surface area contributed by atoms with Crippen LogP contribution >= 0.6 is 11.6 Å². The van der Waals surface area contributed by atoms with Crippen molar-refractivity contribution in [2.45, 2.75) is 13.8 Å². The molecule has 0 aliphatic heterocycles. The summed E-state index contributed by atoms with van der Waals surface area (Å²) in [4.78, 5) is 0. The number of nitrogens with one attached hydrogen (secondary N) is 1. The second-order valence-electron chi connectivity index (χ2n) is 5.23. The Morgan fingerprint density at radius 2 is 1.75 bits per heavy atom. The van der Waals surface area contributed by atoms with E-state index in [1.54, 1.807) is 0 Å². The second kappa shape index (κ2) is 10.1. The van der Waals surface area contributed by atoms with Crippen molar-refractivity contribution in [2.75, 3.05) is 38.3 Å². The van der Waals surface area contributed by atoms with Gasteiger partial charge in [-0.2, -0.15) is 0 Å². The minimum atomic E-state index is 0.535. The Morgan fingerprint density at radius 1 is 0.958 bits per heavy atom. The summed E-state index contributed by atoms with van der Waals surface area (Å²) in [5.41, 5.74) is 1.98. The molecule has 1 N–H and O–H groups in total. The van der Waals surface area contributed by atoms with E-state index in [4.69, 9.17) is 25.8 Å². The molecule has 0 bridgehead atoms. The molecule has 0 saturated carbocycles. The maximum Gasteiger partial charge on any atom is 0.142 e. The van der Waals surface area contributed by atoms with Gasteiger partial charge in [-0.15, -0.1) is 0 Å². The summed E-state index contributed by atoms with van der Waals surface area (Å²) in [6.07, 6.45) is 0. The van der Waals surface area contributed by atoms with E-state index < -0.39 is 0 Å². The summed E-state index contributed by atoms with van der Waals surface area (Å²) >= 11 is 5.95. The van der Waals surface area contributed by atoms with Gasteiger partial charge in [0, 0.05) is 18.2 Å². The average molecular weight is 350 g/mol. The van der Waals surface area contributed by atoms with Crippen molar-refractivity contribution in [3.8, 4) is 11.5 Å². The third-order valence-electron chi connectivity index (χ3n) is 3.39. The third-order valence-corrected chi connectivity index (χ3v) is 3.62. The molecule has 2 rings (SSSR count). The number of ether oxygens (including phenoxy) is 3. The summed E-state index contributed by atoms with van der Waals surface area (Å²) in [5.74, 6) is 1.67. The van der Waals surface area contributed by atoms with Crippen LogP contribution in [0.25, 0.3) is 0 Å². The van der Waals surface area contributed by atoms with E-state index >= 15 is 0 Å². The van der Waals surface area contributed by atoms with Crippen molar-refractivity contribution in [3.63, 3.8) is 0 Å². The monoisotopic (exact) mass is 349 g/mol. The van der Waals surface area contributed by atoms with Crippen molar-refractivity contribution < 1.29 is 14.2 Å². The molecular formula is C19H24ClNO3. The minimum absolute atomic E-state index is 0.535. The van der Waals surface area contributed by atoms with Crippen molar-refractivity contribution in [2.24, 2.45) is 0 Å². The lowest BCUT2D eigenvalue weighted by Crippen LogP contribution is -2.13. The molecule has 0 unspecified atom stereocenters. The van der Waals surface area contributed by atoms with Crippen molar-refractivity contribution in [3.05, 3.63) is 53.1 Å². The Kier molecular flexibility index (Phi) is 7.72. The molecular weight excluding hydrogens is 326 g/mol. The number of para-hydroxylation sites is 2. The van der Waals surface area contributed by atoms with Gasteiger partial charge in [-0.1, -0.05) is 23.7 Å². The third kappa shape index (κ3) is 5.95. The Morgan fingerprint density at radius 3 is 2.54 bits per heavy atom. The molecule has 0 aliphatic rings. The van der Waals surface area contributed by atoms with Crippen LogP contribution in [0.1, 0.15) is 12.5 Å². The number of anilines is 1. The Labute approximate surface area is 148 Å². The fourth-order valence-corrected chi connectivity index (χ4v) is 2.44. The van der Waals surface area contributed by atoms with Crippen molar-refractivity contribution >= 4 is 17.3 Å². The van der Waals surface area contributed by atoms with Crippen molar-refractivity contribution in [1.82, 2.24) is 0 Å². The van der Waals surface area contributed by atoms with Gasteiger partial charge in [0.05, 0.1) is 12.3 Å². The van der Waals surface area contributed by atoms with Crippen LogP contribution in [-0.4, -0.2) is 33.0 Å². The van der Waals surface area contributed by atoms with Crippen LogP contribution in [0, 0.1) is 6.92 Å². The van der Waals surface area contributed by atoms with E-state index in [0.717, 1.165) is 27.8 Å². The van der Waals surface area contributed by atoms with Crippen LogP contribution in [0.5, 0.6) is 11.5 Å². The summed E-state index contributed by atoms with van der Waals surface area (Å²) in [6.45, 7) is 7.00. The summed E-state index contributed by atoms with van der Waals surface area (Å²) in [6, 6.07) is 13.5. The molecule has 130 valence electrons. The first-order valence-electron chi connectivity index (χ1n) is 8.13.